The predicted molar refractivity (Wildman–Crippen MR) is 74.3 cm³/mol. The second-order valence-corrected chi connectivity index (χ2v) is 4.51. The average molecular weight is 250 g/mol. The third kappa shape index (κ3) is 1.90. The maximum Gasteiger partial charge on any atom is 0.193 e. The molecule has 1 aliphatic rings. The molecule has 0 fully saturated rings. The molecule has 0 unspecified atom stereocenters. The zero-order valence-corrected chi connectivity index (χ0v) is 10.5. The van der Waals surface area contributed by atoms with Crippen LogP contribution in [0.1, 0.15) is 33.2 Å². The number of ether oxygens (including phenoxy) is 1. The van der Waals surface area contributed by atoms with Gasteiger partial charge >= 0.3 is 0 Å². The van der Waals surface area contributed by atoms with Crippen LogP contribution in [0.2, 0.25) is 0 Å². The van der Waals surface area contributed by atoms with Crippen LogP contribution in [-0.4, -0.2) is 12.4 Å². The number of carbonyl (C=O) groups is 1. The van der Waals surface area contributed by atoms with Gasteiger partial charge in [0.25, 0.3) is 0 Å². The summed E-state index contributed by atoms with van der Waals surface area (Å²) in [6.45, 7) is 4.14. The van der Waals surface area contributed by atoms with Crippen LogP contribution in [0.25, 0.3) is 0 Å². The molecule has 2 aromatic rings. The van der Waals surface area contributed by atoms with Crippen LogP contribution in [0.3, 0.4) is 0 Å². The molecule has 2 nitrogen and oxygen atoms in total. The van der Waals surface area contributed by atoms with Gasteiger partial charge in [-0.15, -0.1) is 6.58 Å². The van der Waals surface area contributed by atoms with Gasteiger partial charge < -0.3 is 4.74 Å². The van der Waals surface area contributed by atoms with Gasteiger partial charge in [0.05, 0.1) is 6.61 Å². The summed E-state index contributed by atoms with van der Waals surface area (Å²) in [5.74, 6) is 0.0738. The molecule has 0 aliphatic heterocycles. The summed E-state index contributed by atoms with van der Waals surface area (Å²) < 4.78 is 5.86. The zero-order chi connectivity index (χ0) is 13.2. The lowest BCUT2D eigenvalue weighted by molar-refractivity contribution is 0.0908. The molecule has 0 radical (unpaired) electrons. The number of fused-ring (bicyclic) bond motifs is 2. The Morgan fingerprint density at radius 1 is 1.00 bits per heavy atom. The number of hydrogen-bond donors (Lipinski definition) is 0. The molecule has 0 aromatic heterocycles. The lowest BCUT2D eigenvalue weighted by Crippen LogP contribution is -2.21. The third-order valence-electron chi connectivity index (χ3n) is 3.36. The van der Waals surface area contributed by atoms with Crippen molar-refractivity contribution in [1.82, 2.24) is 0 Å². The van der Waals surface area contributed by atoms with Crippen LogP contribution in [-0.2, 0) is 4.74 Å². The van der Waals surface area contributed by atoms with E-state index in [9.17, 15) is 4.79 Å². The van der Waals surface area contributed by atoms with E-state index in [4.69, 9.17) is 4.74 Å². The highest BCUT2D eigenvalue weighted by atomic mass is 16.5. The van der Waals surface area contributed by atoms with Crippen molar-refractivity contribution >= 4 is 5.78 Å². The van der Waals surface area contributed by atoms with Crippen molar-refractivity contribution < 1.29 is 9.53 Å². The van der Waals surface area contributed by atoms with Gasteiger partial charge in [-0.05, 0) is 11.1 Å². The highest BCUT2D eigenvalue weighted by Crippen LogP contribution is 2.36. The SMILES string of the molecule is C=CCOC1c2ccccc2C(=O)c2ccccc21. The first-order valence-corrected chi connectivity index (χ1v) is 6.28. The molecule has 0 N–H and O–H groups in total. The minimum absolute atomic E-state index is 0.0738. The quantitative estimate of drug-likeness (QED) is 0.779. The zero-order valence-electron chi connectivity index (χ0n) is 10.5. The third-order valence-corrected chi connectivity index (χ3v) is 3.36. The molecule has 0 saturated carbocycles. The van der Waals surface area contributed by atoms with E-state index >= 15 is 0 Å². The van der Waals surface area contributed by atoms with Crippen LogP contribution in [0.5, 0.6) is 0 Å². The van der Waals surface area contributed by atoms with Crippen molar-refractivity contribution in [2.45, 2.75) is 6.10 Å². The van der Waals surface area contributed by atoms with E-state index in [1.54, 1.807) is 6.08 Å². The lowest BCUT2D eigenvalue weighted by atomic mass is 9.83. The molecule has 3 rings (SSSR count). The smallest absolute Gasteiger partial charge is 0.193 e. The Hall–Kier alpha value is -2.19. The molecule has 2 aromatic carbocycles. The van der Waals surface area contributed by atoms with Crippen molar-refractivity contribution in [3.05, 3.63) is 83.4 Å². The van der Waals surface area contributed by atoms with E-state index in [-0.39, 0.29) is 11.9 Å². The van der Waals surface area contributed by atoms with Crippen LogP contribution in [0, 0.1) is 0 Å². The molecular weight excluding hydrogens is 236 g/mol. The van der Waals surface area contributed by atoms with E-state index in [0.29, 0.717) is 6.61 Å². The van der Waals surface area contributed by atoms with Crippen molar-refractivity contribution in [3.63, 3.8) is 0 Å². The van der Waals surface area contributed by atoms with Gasteiger partial charge in [0, 0.05) is 11.1 Å². The van der Waals surface area contributed by atoms with Gasteiger partial charge in [0.1, 0.15) is 6.10 Å². The Morgan fingerprint density at radius 3 is 2.05 bits per heavy atom. The highest BCUT2D eigenvalue weighted by Gasteiger charge is 2.30. The molecule has 2 heteroatoms. The average Bonchev–Trinajstić information content (AvgIpc) is 2.47. The molecule has 0 atom stereocenters. The maximum absolute atomic E-state index is 12.5. The summed E-state index contributed by atoms with van der Waals surface area (Å²) in [5, 5.41) is 0. The monoisotopic (exact) mass is 250 g/mol. The summed E-state index contributed by atoms with van der Waals surface area (Å²) in [6.07, 6.45) is 1.53. The summed E-state index contributed by atoms with van der Waals surface area (Å²) in [5.41, 5.74) is 3.34. The van der Waals surface area contributed by atoms with E-state index in [1.807, 2.05) is 48.5 Å². The van der Waals surface area contributed by atoms with Crippen molar-refractivity contribution in [2.24, 2.45) is 0 Å². The molecule has 0 spiro atoms. The van der Waals surface area contributed by atoms with Crippen molar-refractivity contribution in [1.29, 1.82) is 0 Å². The number of carbonyl (C=O) groups excluding carboxylic acids is 1. The summed E-state index contributed by atoms with van der Waals surface area (Å²) >= 11 is 0. The Bertz CT molecular complexity index is 594. The number of ketones is 1. The van der Waals surface area contributed by atoms with Crippen molar-refractivity contribution in [3.8, 4) is 0 Å². The van der Waals surface area contributed by atoms with Gasteiger partial charge in [0.2, 0.25) is 0 Å². The largest absolute Gasteiger partial charge is 0.365 e. The van der Waals surface area contributed by atoms with Crippen LogP contribution in [0.4, 0.5) is 0 Å². The second kappa shape index (κ2) is 4.82. The molecule has 94 valence electrons. The number of rotatable bonds is 3. The number of benzene rings is 2. The van der Waals surface area contributed by atoms with Crippen LogP contribution in [0.15, 0.2) is 61.2 Å². The molecule has 0 heterocycles. The van der Waals surface area contributed by atoms with Crippen LogP contribution < -0.4 is 0 Å². The Balaban J connectivity index is 2.17. The first-order valence-electron chi connectivity index (χ1n) is 6.28. The second-order valence-electron chi connectivity index (χ2n) is 4.51. The first kappa shape index (κ1) is 11.9. The highest BCUT2D eigenvalue weighted by molar-refractivity contribution is 6.12. The molecule has 0 saturated heterocycles. The minimum atomic E-state index is -0.192. The Morgan fingerprint density at radius 2 is 1.53 bits per heavy atom. The Kier molecular flexibility index (Phi) is 3.02. The van der Waals surface area contributed by atoms with Crippen LogP contribution >= 0.6 is 0 Å². The summed E-state index contributed by atoms with van der Waals surface area (Å²) in [4.78, 5) is 12.5. The van der Waals surface area contributed by atoms with E-state index in [0.717, 1.165) is 22.3 Å². The van der Waals surface area contributed by atoms with Gasteiger partial charge in [0.15, 0.2) is 5.78 Å². The Labute approximate surface area is 112 Å². The fourth-order valence-corrected chi connectivity index (χ4v) is 2.52. The molecule has 19 heavy (non-hydrogen) atoms. The fourth-order valence-electron chi connectivity index (χ4n) is 2.52. The normalized spacial score (nSPS) is 13.8. The lowest BCUT2D eigenvalue weighted by Gasteiger charge is -2.27. The first-order chi connectivity index (χ1) is 9.33. The standard InChI is InChI=1S/C17H14O2/c1-2-11-19-17-14-9-5-3-7-12(14)16(18)13-8-4-6-10-15(13)17/h2-10,17H,1,11H2. The van der Waals surface area contributed by atoms with E-state index in [1.165, 1.54) is 0 Å². The topological polar surface area (TPSA) is 26.3 Å². The minimum Gasteiger partial charge on any atom is -0.365 e. The van der Waals surface area contributed by atoms with Gasteiger partial charge in [-0.25, -0.2) is 0 Å². The van der Waals surface area contributed by atoms with Crippen molar-refractivity contribution in [2.75, 3.05) is 6.61 Å². The van der Waals surface area contributed by atoms with Gasteiger partial charge in [-0.2, -0.15) is 0 Å². The molecule has 0 amide bonds. The predicted octanol–water partition coefficient (Wildman–Crippen LogP) is 3.52. The fraction of sp³-hybridized carbons (Fsp3) is 0.118. The van der Waals surface area contributed by atoms with E-state index < -0.39 is 0 Å². The summed E-state index contributed by atoms with van der Waals surface area (Å²) in [6, 6.07) is 15.3. The molecule has 1 aliphatic carbocycles. The molecule has 0 bridgehead atoms. The maximum atomic E-state index is 12.5. The number of hydrogen-bond acceptors (Lipinski definition) is 2. The van der Waals surface area contributed by atoms with Gasteiger partial charge in [-0.3, -0.25) is 4.79 Å². The van der Waals surface area contributed by atoms with Gasteiger partial charge in [-0.1, -0.05) is 54.6 Å². The molecular formula is C17H14O2. The van der Waals surface area contributed by atoms with E-state index in [2.05, 4.69) is 6.58 Å². The summed E-state index contributed by atoms with van der Waals surface area (Å²) in [7, 11) is 0.